The van der Waals surface area contributed by atoms with Gasteiger partial charge in [-0.05, 0) is 44.6 Å². The van der Waals surface area contributed by atoms with Crippen LogP contribution in [-0.2, 0) is 4.74 Å². The molecule has 1 N–H and O–H groups in total. The Kier molecular flexibility index (Phi) is 5.70. The molecule has 0 aliphatic heterocycles. The Morgan fingerprint density at radius 2 is 1.74 bits per heavy atom. The topological polar surface area (TPSA) is 21.3 Å². The first kappa shape index (κ1) is 15.3. The van der Waals surface area contributed by atoms with Crippen LogP contribution in [-0.4, -0.2) is 25.8 Å². The molecule has 2 heteroatoms. The van der Waals surface area contributed by atoms with Crippen molar-refractivity contribution in [2.24, 2.45) is 11.8 Å². The SMILES string of the molecule is CNC(C1CCCCCC1)C1(OC)CCCC(C)C1. The van der Waals surface area contributed by atoms with E-state index in [1.54, 1.807) is 0 Å². The van der Waals surface area contributed by atoms with E-state index in [0.717, 1.165) is 11.8 Å². The maximum atomic E-state index is 6.13. The van der Waals surface area contributed by atoms with E-state index in [0.29, 0.717) is 6.04 Å². The Bertz CT molecular complexity index is 260. The molecule has 0 aromatic heterocycles. The van der Waals surface area contributed by atoms with Crippen LogP contribution in [0.4, 0.5) is 0 Å². The van der Waals surface area contributed by atoms with Gasteiger partial charge in [-0.3, -0.25) is 0 Å². The molecule has 2 aliphatic rings. The van der Waals surface area contributed by atoms with Crippen LogP contribution in [0.3, 0.4) is 0 Å². The van der Waals surface area contributed by atoms with E-state index in [4.69, 9.17) is 4.74 Å². The summed E-state index contributed by atoms with van der Waals surface area (Å²) in [5.74, 6) is 1.63. The summed E-state index contributed by atoms with van der Waals surface area (Å²) < 4.78 is 6.13. The van der Waals surface area contributed by atoms with Crippen LogP contribution in [0.5, 0.6) is 0 Å². The van der Waals surface area contributed by atoms with E-state index in [1.807, 2.05) is 7.11 Å². The van der Waals surface area contributed by atoms with Crippen LogP contribution in [0, 0.1) is 11.8 Å². The van der Waals surface area contributed by atoms with Gasteiger partial charge in [0.1, 0.15) is 0 Å². The van der Waals surface area contributed by atoms with E-state index in [9.17, 15) is 0 Å². The van der Waals surface area contributed by atoms with Crippen LogP contribution < -0.4 is 5.32 Å². The Morgan fingerprint density at radius 1 is 1.05 bits per heavy atom. The summed E-state index contributed by atoms with van der Waals surface area (Å²) in [7, 11) is 4.09. The largest absolute Gasteiger partial charge is 0.377 e. The predicted octanol–water partition coefficient (Wildman–Crippen LogP) is 4.14. The van der Waals surface area contributed by atoms with Crippen molar-refractivity contribution in [3.05, 3.63) is 0 Å². The predicted molar refractivity (Wildman–Crippen MR) is 81.4 cm³/mol. The summed E-state index contributed by atoms with van der Waals surface area (Å²) in [6, 6.07) is 0.554. The first-order valence-electron chi connectivity index (χ1n) is 8.44. The van der Waals surface area contributed by atoms with Gasteiger partial charge in [0.25, 0.3) is 0 Å². The average molecular weight is 267 g/mol. The second kappa shape index (κ2) is 7.08. The van der Waals surface area contributed by atoms with Gasteiger partial charge in [-0.15, -0.1) is 0 Å². The number of nitrogens with one attached hydrogen (secondary N) is 1. The second-order valence-electron chi connectivity index (χ2n) is 6.99. The van der Waals surface area contributed by atoms with Gasteiger partial charge >= 0.3 is 0 Å². The highest BCUT2D eigenvalue weighted by Gasteiger charge is 2.44. The minimum Gasteiger partial charge on any atom is -0.377 e. The molecule has 0 aromatic carbocycles. The van der Waals surface area contributed by atoms with Gasteiger partial charge in [0.15, 0.2) is 0 Å². The molecule has 2 nitrogen and oxygen atoms in total. The fourth-order valence-electron chi connectivity index (χ4n) is 4.71. The van der Waals surface area contributed by atoms with Gasteiger partial charge in [-0.2, -0.15) is 0 Å². The third kappa shape index (κ3) is 3.52. The lowest BCUT2D eigenvalue weighted by molar-refractivity contribution is -0.0922. The molecule has 2 fully saturated rings. The highest BCUT2D eigenvalue weighted by atomic mass is 16.5. The quantitative estimate of drug-likeness (QED) is 0.773. The van der Waals surface area contributed by atoms with Crippen molar-refractivity contribution in [2.75, 3.05) is 14.2 Å². The molecule has 3 unspecified atom stereocenters. The summed E-state index contributed by atoms with van der Waals surface area (Å²) in [4.78, 5) is 0. The molecule has 3 atom stereocenters. The van der Waals surface area contributed by atoms with Crippen LogP contribution in [0.25, 0.3) is 0 Å². The van der Waals surface area contributed by atoms with Gasteiger partial charge in [0, 0.05) is 13.2 Å². The first-order valence-corrected chi connectivity index (χ1v) is 8.44. The van der Waals surface area contributed by atoms with E-state index in [2.05, 4.69) is 19.3 Å². The molecular weight excluding hydrogens is 234 g/mol. The van der Waals surface area contributed by atoms with Crippen molar-refractivity contribution in [2.45, 2.75) is 82.8 Å². The number of hydrogen-bond donors (Lipinski definition) is 1. The molecule has 0 spiro atoms. The number of hydrogen-bond acceptors (Lipinski definition) is 2. The van der Waals surface area contributed by atoms with E-state index in [-0.39, 0.29) is 5.60 Å². The number of ether oxygens (including phenoxy) is 1. The Morgan fingerprint density at radius 3 is 2.26 bits per heavy atom. The first-order chi connectivity index (χ1) is 9.22. The lowest BCUT2D eigenvalue weighted by Crippen LogP contribution is -2.56. The average Bonchev–Trinajstić information content (AvgIpc) is 2.69. The Labute approximate surface area is 119 Å². The van der Waals surface area contributed by atoms with Crippen LogP contribution in [0.1, 0.15) is 71.1 Å². The molecule has 112 valence electrons. The zero-order chi connectivity index (χ0) is 13.7. The molecule has 0 heterocycles. The van der Waals surface area contributed by atoms with Gasteiger partial charge in [-0.25, -0.2) is 0 Å². The molecule has 2 rings (SSSR count). The van der Waals surface area contributed by atoms with E-state index >= 15 is 0 Å². The third-order valence-corrected chi connectivity index (χ3v) is 5.65. The summed E-state index contributed by atoms with van der Waals surface area (Å²) in [6.45, 7) is 2.40. The Hall–Kier alpha value is -0.0800. The molecule has 0 saturated heterocycles. The standard InChI is InChI=1S/C17H33NO/c1-14-9-8-12-17(13-14,19-3)16(18-2)15-10-6-4-5-7-11-15/h14-16,18H,4-13H2,1-3H3. The smallest absolute Gasteiger partial charge is 0.0836 e. The lowest BCUT2D eigenvalue weighted by Gasteiger charge is -2.47. The maximum Gasteiger partial charge on any atom is 0.0836 e. The van der Waals surface area contributed by atoms with Crippen molar-refractivity contribution >= 4 is 0 Å². The van der Waals surface area contributed by atoms with Gasteiger partial charge in [-0.1, -0.05) is 45.4 Å². The van der Waals surface area contributed by atoms with Crippen LogP contribution in [0.15, 0.2) is 0 Å². The van der Waals surface area contributed by atoms with Crippen molar-refractivity contribution in [3.8, 4) is 0 Å². The fourth-order valence-corrected chi connectivity index (χ4v) is 4.71. The van der Waals surface area contributed by atoms with Gasteiger partial charge in [0.05, 0.1) is 5.60 Å². The number of likely N-dealkylation sites (N-methyl/N-ethyl adjacent to an activating group) is 1. The minimum atomic E-state index is 0.0986. The van der Waals surface area contributed by atoms with Crippen molar-refractivity contribution in [3.63, 3.8) is 0 Å². The molecule has 0 bridgehead atoms. The lowest BCUT2D eigenvalue weighted by atomic mass is 9.69. The van der Waals surface area contributed by atoms with Gasteiger partial charge in [0.2, 0.25) is 0 Å². The van der Waals surface area contributed by atoms with Crippen LogP contribution >= 0.6 is 0 Å². The van der Waals surface area contributed by atoms with Gasteiger partial charge < -0.3 is 10.1 Å². The summed E-state index contributed by atoms with van der Waals surface area (Å²) in [6.07, 6.45) is 13.7. The van der Waals surface area contributed by atoms with E-state index in [1.165, 1.54) is 64.2 Å². The molecule has 2 saturated carbocycles. The molecule has 0 amide bonds. The van der Waals surface area contributed by atoms with E-state index < -0.39 is 0 Å². The highest BCUT2D eigenvalue weighted by molar-refractivity contribution is 4.99. The summed E-state index contributed by atoms with van der Waals surface area (Å²) in [5.41, 5.74) is 0.0986. The molecule has 0 radical (unpaired) electrons. The maximum absolute atomic E-state index is 6.13. The third-order valence-electron chi connectivity index (χ3n) is 5.65. The van der Waals surface area contributed by atoms with Crippen molar-refractivity contribution < 1.29 is 4.74 Å². The molecule has 0 aromatic rings. The second-order valence-corrected chi connectivity index (χ2v) is 6.99. The molecular formula is C17H33NO. The normalized spacial score (nSPS) is 35.8. The van der Waals surface area contributed by atoms with Crippen LogP contribution in [0.2, 0.25) is 0 Å². The fraction of sp³-hybridized carbons (Fsp3) is 1.00. The number of methoxy groups -OCH3 is 1. The molecule has 2 aliphatic carbocycles. The number of rotatable bonds is 4. The molecule has 19 heavy (non-hydrogen) atoms. The Balaban J connectivity index is 2.12. The minimum absolute atomic E-state index is 0.0986. The summed E-state index contributed by atoms with van der Waals surface area (Å²) in [5, 5.41) is 3.66. The summed E-state index contributed by atoms with van der Waals surface area (Å²) >= 11 is 0. The zero-order valence-electron chi connectivity index (χ0n) is 13.2. The monoisotopic (exact) mass is 267 g/mol. The van der Waals surface area contributed by atoms with Crippen molar-refractivity contribution in [1.82, 2.24) is 5.32 Å². The highest BCUT2D eigenvalue weighted by Crippen LogP contribution is 2.42. The zero-order valence-corrected chi connectivity index (χ0v) is 13.2. The van der Waals surface area contributed by atoms with Crippen molar-refractivity contribution in [1.29, 1.82) is 0 Å².